The molecule has 0 spiro atoms. The van der Waals surface area contributed by atoms with E-state index in [-0.39, 0.29) is 16.8 Å². The van der Waals surface area contributed by atoms with Crippen molar-refractivity contribution in [2.24, 2.45) is 0 Å². The van der Waals surface area contributed by atoms with Gasteiger partial charge in [-0.25, -0.2) is 13.4 Å². The summed E-state index contributed by atoms with van der Waals surface area (Å²) in [6.45, 7) is 0.587. The molecule has 1 saturated heterocycles. The van der Waals surface area contributed by atoms with E-state index in [1.807, 2.05) is 24.3 Å². The summed E-state index contributed by atoms with van der Waals surface area (Å²) in [5.74, 6) is 1.17. The maximum Gasteiger partial charge on any atom is 0.264 e. The number of fused-ring (bicyclic) bond motifs is 1. The second-order valence-corrected chi connectivity index (χ2v) is 10.5. The summed E-state index contributed by atoms with van der Waals surface area (Å²) < 4.78 is 33.0. The third-order valence-corrected chi connectivity index (χ3v) is 8.19. The third-order valence-electron chi connectivity index (χ3n) is 6.41. The summed E-state index contributed by atoms with van der Waals surface area (Å²) in [5, 5.41) is 0. The van der Waals surface area contributed by atoms with E-state index >= 15 is 0 Å². The zero-order valence-corrected chi connectivity index (χ0v) is 20.3. The number of para-hydroxylation sites is 2. The summed E-state index contributed by atoms with van der Waals surface area (Å²) in [6, 6.07) is 20.6. The molecule has 1 atom stereocenters. The number of H-pyrrole nitrogens is 1. The molecule has 1 aliphatic rings. The van der Waals surface area contributed by atoms with Gasteiger partial charge in [0.15, 0.2) is 0 Å². The highest BCUT2D eigenvalue weighted by atomic mass is 32.2. The van der Waals surface area contributed by atoms with Gasteiger partial charge >= 0.3 is 0 Å². The van der Waals surface area contributed by atoms with Crippen molar-refractivity contribution >= 4 is 32.7 Å². The van der Waals surface area contributed by atoms with Gasteiger partial charge in [0, 0.05) is 19.2 Å². The predicted molar refractivity (Wildman–Crippen MR) is 134 cm³/mol. The van der Waals surface area contributed by atoms with Crippen LogP contribution in [0, 0.1) is 0 Å². The van der Waals surface area contributed by atoms with E-state index in [0.29, 0.717) is 23.5 Å². The number of hydrogen-bond donors (Lipinski definition) is 1. The standard InChI is InChI=1S/C26H26N4O4S/c1-29(19-12-14-20(34-2)15-13-19)35(32,33)21-8-5-7-18(17-21)26(31)30-16-6-11-24(30)25-27-22-9-3-4-10-23(22)28-25/h3-5,7-10,12-15,17,24H,6,11,16H2,1-2H3,(H,27,28). The number of ether oxygens (including phenoxy) is 1. The van der Waals surface area contributed by atoms with Crippen molar-refractivity contribution in [1.82, 2.24) is 14.9 Å². The van der Waals surface area contributed by atoms with Crippen molar-refractivity contribution in [3.05, 3.63) is 84.2 Å². The van der Waals surface area contributed by atoms with Gasteiger partial charge in [-0.1, -0.05) is 18.2 Å². The number of carbonyl (C=O) groups excluding carboxylic acids is 1. The van der Waals surface area contributed by atoms with Crippen molar-refractivity contribution in [3.8, 4) is 5.75 Å². The fourth-order valence-corrected chi connectivity index (χ4v) is 5.71. The number of nitrogens with zero attached hydrogens (tertiary/aromatic N) is 3. The second-order valence-electron chi connectivity index (χ2n) is 8.49. The first-order chi connectivity index (χ1) is 16.9. The van der Waals surface area contributed by atoms with E-state index in [1.165, 1.54) is 23.5 Å². The molecule has 0 radical (unpaired) electrons. The van der Waals surface area contributed by atoms with Crippen LogP contribution in [0.5, 0.6) is 5.75 Å². The number of methoxy groups -OCH3 is 1. The van der Waals surface area contributed by atoms with Gasteiger partial charge in [-0.3, -0.25) is 9.10 Å². The van der Waals surface area contributed by atoms with E-state index < -0.39 is 10.0 Å². The van der Waals surface area contributed by atoms with E-state index in [1.54, 1.807) is 48.4 Å². The van der Waals surface area contributed by atoms with Crippen LogP contribution >= 0.6 is 0 Å². The van der Waals surface area contributed by atoms with Crippen LogP contribution in [0.25, 0.3) is 11.0 Å². The number of sulfonamides is 1. The molecule has 35 heavy (non-hydrogen) atoms. The molecule has 5 rings (SSSR count). The van der Waals surface area contributed by atoms with Crippen molar-refractivity contribution in [1.29, 1.82) is 0 Å². The molecule has 0 bridgehead atoms. The predicted octanol–water partition coefficient (Wildman–Crippen LogP) is 4.37. The van der Waals surface area contributed by atoms with E-state index in [2.05, 4.69) is 9.97 Å². The average Bonchev–Trinajstić information content (AvgIpc) is 3.55. The lowest BCUT2D eigenvalue weighted by Gasteiger charge is -2.24. The Bertz CT molecular complexity index is 1450. The molecule has 9 heteroatoms. The monoisotopic (exact) mass is 490 g/mol. The van der Waals surface area contributed by atoms with E-state index in [9.17, 15) is 13.2 Å². The number of imidazole rings is 1. The summed E-state index contributed by atoms with van der Waals surface area (Å²) in [7, 11) is -0.828. The van der Waals surface area contributed by atoms with Gasteiger partial charge in [0.05, 0.1) is 34.8 Å². The molecule has 1 aliphatic heterocycles. The number of rotatable bonds is 6. The first-order valence-corrected chi connectivity index (χ1v) is 12.8. The quantitative estimate of drug-likeness (QED) is 0.433. The maximum absolute atomic E-state index is 13.5. The number of nitrogens with one attached hydrogen (secondary N) is 1. The van der Waals surface area contributed by atoms with Crippen LogP contribution in [0.15, 0.2) is 77.7 Å². The zero-order valence-electron chi connectivity index (χ0n) is 19.5. The smallest absolute Gasteiger partial charge is 0.264 e. The Hall–Kier alpha value is -3.85. The van der Waals surface area contributed by atoms with Crippen LogP contribution in [0.4, 0.5) is 5.69 Å². The zero-order chi connectivity index (χ0) is 24.6. The molecule has 2 heterocycles. The van der Waals surface area contributed by atoms with Gasteiger partial charge in [-0.05, 0) is 67.4 Å². The molecule has 1 N–H and O–H groups in total. The number of aromatic amines is 1. The molecule has 0 aliphatic carbocycles. The fourth-order valence-electron chi connectivity index (χ4n) is 4.47. The Morgan fingerprint density at radius 1 is 1.09 bits per heavy atom. The SMILES string of the molecule is COc1ccc(N(C)S(=O)(=O)c2cccc(C(=O)N3CCCC3c3nc4ccccc4[nH]3)c2)cc1. The number of hydrogen-bond acceptors (Lipinski definition) is 5. The summed E-state index contributed by atoms with van der Waals surface area (Å²) >= 11 is 0. The number of carbonyl (C=O) groups is 1. The Labute approximate surface area is 204 Å². The lowest BCUT2D eigenvalue weighted by molar-refractivity contribution is 0.0730. The van der Waals surface area contributed by atoms with E-state index in [0.717, 1.165) is 29.7 Å². The first kappa shape index (κ1) is 22.9. The third kappa shape index (κ3) is 4.23. The van der Waals surface area contributed by atoms with Crippen LogP contribution < -0.4 is 9.04 Å². The molecule has 0 saturated carbocycles. The Kier molecular flexibility index (Phi) is 5.94. The lowest BCUT2D eigenvalue weighted by Crippen LogP contribution is -2.31. The van der Waals surface area contributed by atoms with Gasteiger partial charge < -0.3 is 14.6 Å². The number of benzene rings is 3. The van der Waals surface area contributed by atoms with Crippen LogP contribution in [0.3, 0.4) is 0 Å². The van der Waals surface area contributed by atoms with Gasteiger partial charge in [0.25, 0.3) is 15.9 Å². The number of amides is 1. The molecule has 8 nitrogen and oxygen atoms in total. The average molecular weight is 491 g/mol. The van der Waals surface area contributed by atoms with Gasteiger partial charge in [0.2, 0.25) is 0 Å². The van der Waals surface area contributed by atoms with Crippen molar-refractivity contribution in [3.63, 3.8) is 0 Å². The largest absolute Gasteiger partial charge is 0.497 e. The lowest BCUT2D eigenvalue weighted by atomic mass is 10.1. The molecule has 1 unspecified atom stereocenters. The topological polar surface area (TPSA) is 95.6 Å². The van der Waals surface area contributed by atoms with E-state index in [4.69, 9.17) is 4.74 Å². The summed E-state index contributed by atoms with van der Waals surface area (Å²) in [5.41, 5.74) is 2.61. The highest BCUT2D eigenvalue weighted by Crippen LogP contribution is 2.33. The number of aromatic nitrogens is 2. The van der Waals surface area contributed by atoms with Crippen LogP contribution in [0.1, 0.15) is 35.1 Å². The number of likely N-dealkylation sites (tertiary alicyclic amines) is 1. The Balaban J connectivity index is 1.41. The molecule has 180 valence electrons. The maximum atomic E-state index is 13.5. The summed E-state index contributed by atoms with van der Waals surface area (Å²) in [4.78, 5) is 23.3. The Morgan fingerprint density at radius 3 is 2.60 bits per heavy atom. The fraction of sp³-hybridized carbons (Fsp3) is 0.231. The normalized spacial score (nSPS) is 15.9. The molecular weight excluding hydrogens is 464 g/mol. The first-order valence-electron chi connectivity index (χ1n) is 11.4. The molecule has 3 aromatic carbocycles. The molecule has 1 aromatic heterocycles. The molecule has 4 aromatic rings. The Morgan fingerprint density at radius 2 is 1.86 bits per heavy atom. The van der Waals surface area contributed by atoms with Crippen molar-refractivity contribution < 1.29 is 17.9 Å². The van der Waals surface area contributed by atoms with Gasteiger partial charge in [0.1, 0.15) is 11.6 Å². The molecule has 1 fully saturated rings. The second kappa shape index (κ2) is 9.07. The van der Waals surface area contributed by atoms with Crippen molar-refractivity contribution in [2.45, 2.75) is 23.8 Å². The minimum atomic E-state index is -3.87. The molecule has 1 amide bonds. The number of anilines is 1. The van der Waals surface area contributed by atoms with Gasteiger partial charge in [-0.2, -0.15) is 0 Å². The van der Waals surface area contributed by atoms with Crippen LogP contribution in [-0.2, 0) is 10.0 Å². The highest BCUT2D eigenvalue weighted by molar-refractivity contribution is 7.92. The molecular formula is C26H26N4O4S. The van der Waals surface area contributed by atoms with Crippen molar-refractivity contribution in [2.75, 3.05) is 25.0 Å². The van der Waals surface area contributed by atoms with Gasteiger partial charge in [-0.15, -0.1) is 0 Å². The summed E-state index contributed by atoms with van der Waals surface area (Å²) in [6.07, 6.45) is 1.65. The highest BCUT2D eigenvalue weighted by Gasteiger charge is 2.33. The van der Waals surface area contributed by atoms with Crippen LogP contribution in [-0.4, -0.2) is 49.9 Å². The van der Waals surface area contributed by atoms with Crippen LogP contribution in [0.2, 0.25) is 0 Å². The minimum Gasteiger partial charge on any atom is -0.497 e. The minimum absolute atomic E-state index is 0.0566.